The maximum absolute atomic E-state index is 9.52. The van der Waals surface area contributed by atoms with Gasteiger partial charge in [0.05, 0.1) is 55.9 Å². The van der Waals surface area contributed by atoms with E-state index in [2.05, 4.69) is 30.1 Å². The van der Waals surface area contributed by atoms with E-state index in [1.807, 2.05) is 219 Å². The zero-order valence-electron chi connectivity index (χ0n) is 84.7. The van der Waals surface area contributed by atoms with E-state index in [1.54, 1.807) is 76.2 Å². The highest BCUT2D eigenvalue weighted by atomic mass is 32.5. The van der Waals surface area contributed by atoms with Crippen LogP contribution in [0.25, 0.3) is 0 Å². The first-order valence-corrected chi connectivity index (χ1v) is 61.6. The van der Waals surface area contributed by atoms with Gasteiger partial charge in [-0.1, -0.05) is 0 Å². The molecule has 6 aliphatic heterocycles. The Morgan fingerprint density at radius 3 is 0.483 bits per heavy atom. The van der Waals surface area contributed by atoms with Crippen LogP contribution in [0.15, 0.2) is 264 Å². The van der Waals surface area contributed by atoms with Crippen LogP contribution in [0, 0.1) is 35.5 Å². The number of aliphatic hydroxyl groups excluding tert-OH is 6. The molecule has 6 fully saturated rings. The van der Waals surface area contributed by atoms with E-state index in [4.69, 9.17) is 134 Å². The second kappa shape index (κ2) is 56.8. The summed E-state index contributed by atoms with van der Waals surface area (Å²) in [5.41, 5.74) is 7.21. The van der Waals surface area contributed by atoms with E-state index in [0.29, 0.717) is 104 Å². The number of hydrazone groups is 9. The van der Waals surface area contributed by atoms with Crippen molar-refractivity contribution in [1.82, 2.24) is 44.4 Å². The molecule has 6 aliphatic rings. The van der Waals surface area contributed by atoms with E-state index in [0.717, 1.165) is 227 Å². The second-order valence-corrected chi connectivity index (χ2v) is 50.5. The molecule has 9 aromatic carbocycles. The minimum atomic E-state index is -3.92. The van der Waals surface area contributed by atoms with Gasteiger partial charge in [0.25, 0.3) is 0 Å². The summed E-state index contributed by atoms with van der Waals surface area (Å²) >= 11 is 25.7. The summed E-state index contributed by atoms with van der Waals surface area (Å²) in [7, 11) is 5.16. The summed E-state index contributed by atoms with van der Waals surface area (Å²) in [5.74, 6) is 6.76. The van der Waals surface area contributed by atoms with Crippen molar-refractivity contribution in [1.29, 1.82) is 0 Å². The van der Waals surface area contributed by atoms with Crippen molar-refractivity contribution in [3.63, 3.8) is 0 Å². The molecule has 0 amide bonds. The van der Waals surface area contributed by atoms with E-state index in [1.165, 1.54) is 14.3 Å². The normalized spacial score (nSPS) is 16.9. The second-order valence-electron chi connectivity index (χ2n) is 37.9. The highest BCUT2D eigenvalue weighted by molar-refractivity contribution is 8.10. The number of hydrogen-bond acceptors (Lipinski definition) is 34. The largest absolute Gasteiger partial charge is 0.490 e. The number of benzene rings is 9. The first-order valence-electron chi connectivity index (χ1n) is 51.3. The topological polar surface area (TPSA) is 345 Å². The molecule has 149 heavy (non-hydrogen) atoms. The molecule has 6 saturated heterocycles. The molecular formula is C108H138N18O15P4S4. The Kier molecular flexibility index (Phi) is 42.6. The van der Waals surface area contributed by atoms with Crippen LogP contribution in [0.5, 0.6) is 51.7 Å². The van der Waals surface area contributed by atoms with Crippen molar-refractivity contribution >= 4 is 130 Å². The standard InChI is InChI=1S/C108H138N18O15P4S4/c1-118(142(146,133-100-22-4-94(5-23-100)79-112-121-58-40-85(41-59-121)52-70-127)134-101-24-6-95(7-25-101)80-113-122-60-42-86(43-61-122)53-71-128)109-76-91-16-34-106(35-17-91)139-145(149,140-107-36-18-92(19-37-107)77-110-119(2)143(147,135-102-26-8-96(9-27-102)81-114-123-62-44-87(45-63-123)54-72-129)136-103-28-10-97(11-29-103)82-115-124-64-46-88(47-65-124)55-73-130)141-108-38-20-93(21-39-108)78-111-120(3)144(148,137-104-30-12-98(13-31-104)83-116-125-66-48-89(49-67-125)56-74-131)138-105-32-14-99(15-33-105)84-117-126-68-50-90(51-69-126)57-75-132/h4-39,76-90,127-132H,40-75H2,1-3H3/b109-76+,110-77+,111-78+,112-79+,113-80+,114-81+,115-82+,116-83+,117-84+. The summed E-state index contributed by atoms with van der Waals surface area (Å²) in [6.45, 7) is -3.47. The molecule has 794 valence electrons. The van der Waals surface area contributed by atoms with Crippen LogP contribution in [0.3, 0.4) is 0 Å². The lowest BCUT2D eigenvalue weighted by molar-refractivity contribution is 0.163. The predicted octanol–water partition coefficient (Wildman–Crippen LogP) is 19.0. The molecule has 15 rings (SSSR count). The van der Waals surface area contributed by atoms with Crippen LogP contribution in [-0.4, -0.2) is 270 Å². The maximum Gasteiger partial charge on any atom is 0.490 e. The average molecular weight is 2180 g/mol. The molecule has 0 aliphatic carbocycles. The van der Waals surface area contributed by atoms with Crippen molar-refractivity contribution in [2.75, 3.05) is 139 Å². The van der Waals surface area contributed by atoms with Gasteiger partial charge in [0, 0.05) is 187 Å². The Labute approximate surface area is 895 Å². The minimum absolute atomic E-state index is 0.197. The zero-order valence-corrected chi connectivity index (χ0v) is 91.6. The van der Waals surface area contributed by atoms with E-state index < -0.39 is 26.6 Å². The van der Waals surface area contributed by atoms with Gasteiger partial charge >= 0.3 is 26.6 Å². The summed E-state index contributed by atoms with van der Waals surface area (Å²) in [6.07, 6.45) is 32.6. The molecule has 0 saturated carbocycles. The van der Waals surface area contributed by atoms with Crippen molar-refractivity contribution < 1.29 is 71.4 Å². The first-order chi connectivity index (χ1) is 72.5. The van der Waals surface area contributed by atoms with Gasteiger partial charge in [0.1, 0.15) is 51.7 Å². The molecule has 0 bridgehead atoms. The summed E-state index contributed by atoms with van der Waals surface area (Å²) in [4.78, 5) is 0. The Morgan fingerprint density at radius 2 is 0.349 bits per heavy atom. The summed E-state index contributed by atoms with van der Waals surface area (Å²) in [6, 6.07) is 66.4. The number of rotatable bonds is 51. The van der Waals surface area contributed by atoms with Gasteiger partial charge in [-0.15, -0.1) is 0 Å². The van der Waals surface area contributed by atoms with Crippen LogP contribution < -0.4 is 40.7 Å². The van der Waals surface area contributed by atoms with Crippen LogP contribution in [0.4, 0.5) is 0 Å². The Balaban J connectivity index is 0.672. The van der Waals surface area contributed by atoms with Crippen molar-refractivity contribution in [2.45, 2.75) is 116 Å². The van der Waals surface area contributed by atoms with Crippen LogP contribution >= 0.6 is 26.6 Å². The predicted molar refractivity (Wildman–Crippen MR) is 608 cm³/mol. The maximum atomic E-state index is 9.52. The van der Waals surface area contributed by atoms with Gasteiger partial charge in [0.15, 0.2) is 0 Å². The van der Waals surface area contributed by atoms with Gasteiger partial charge in [-0.05, 0) is 420 Å². The lowest BCUT2D eigenvalue weighted by Gasteiger charge is -2.29. The van der Waals surface area contributed by atoms with Crippen molar-refractivity contribution in [2.24, 2.45) is 81.4 Å². The molecule has 0 aromatic heterocycles. The van der Waals surface area contributed by atoms with Crippen molar-refractivity contribution in [3.05, 3.63) is 268 Å². The third-order valence-corrected chi connectivity index (χ3v) is 37.6. The monoisotopic (exact) mass is 2180 g/mol. The molecular weight excluding hydrogens is 2040 g/mol. The fourth-order valence-electron chi connectivity index (χ4n) is 17.8. The highest BCUT2D eigenvalue weighted by Crippen LogP contribution is 2.56. The van der Waals surface area contributed by atoms with E-state index >= 15 is 0 Å². The van der Waals surface area contributed by atoms with E-state index in [-0.39, 0.29) is 39.6 Å². The van der Waals surface area contributed by atoms with Gasteiger partial charge in [0.2, 0.25) is 0 Å². The molecule has 6 N–H and O–H groups in total. The first kappa shape index (κ1) is 112. The Hall–Kier alpha value is -11.2. The third kappa shape index (κ3) is 35.4. The van der Waals surface area contributed by atoms with E-state index in [9.17, 15) is 30.6 Å². The molecule has 41 heteroatoms. The smallest absolute Gasteiger partial charge is 0.420 e. The number of hydrogen-bond donors (Lipinski definition) is 6. The summed E-state index contributed by atoms with van der Waals surface area (Å²) < 4.78 is 65.2. The molecule has 33 nitrogen and oxygen atoms in total. The third-order valence-electron chi connectivity index (χ3n) is 27.1. The Bertz CT molecular complexity index is 5270. The zero-order chi connectivity index (χ0) is 104. The Morgan fingerprint density at radius 1 is 0.221 bits per heavy atom. The molecule has 0 unspecified atom stereocenters. The van der Waals surface area contributed by atoms with Crippen LogP contribution in [-0.2, 0) is 47.2 Å². The van der Waals surface area contributed by atoms with Gasteiger partial charge in [-0.25, -0.2) is 14.3 Å². The lowest BCUT2D eigenvalue weighted by atomic mass is 9.95. The van der Waals surface area contributed by atoms with Gasteiger partial charge in [-0.2, -0.15) is 45.9 Å². The van der Waals surface area contributed by atoms with Gasteiger partial charge < -0.3 is 71.4 Å². The van der Waals surface area contributed by atoms with Crippen LogP contribution in [0.1, 0.15) is 166 Å². The molecule has 0 spiro atoms. The average Bonchev–Trinajstić information content (AvgIpc) is 0.819. The highest BCUT2D eigenvalue weighted by Gasteiger charge is 2.35. The number of aliphatic hydroxyl groups is 6. The SMILES string of the molecule is CN(/N=C/c1ccc(OP(=S)(Oc2ccc(/C=N/N(C)P(=S)(Oc3ccc(/C=N/N4CCC(CCO)CC4)cc3)Oc3ccc(/C=N/N4CCC(CCO)CC4)cc3)cc2)Oc2ccc(/C=N/N(C)P(=S)(Oc3ccc(/C=N/N4CCC(CCO)CC4)cc3)Oc3ccc(/C=N/N4CCC(CCO)CC4)cc3)cc2)cc1)P(=S)(Oc1ccc(/C=N/N2CCC(CCO)CC2)cc1)Oc1ccc(/C=N/N2CCC(CCO)CC2)cc1. The number of nitrogens with zero attached hydrogens (tertiary/aromatic N) is 18. The van der Waals surface area contributed by atoms with Crippen LogP contribution in [0.2, 0.25) is 0 Å². The minimum Gasteiger partial charge on any atom is -0.420 e. The number of piperidine rings is 6. The van der Waals surface area contributed by atoms with Gasteiger partial charge in [-0.3, -0.25) is 30.1 Å². The molecule has 6 heterocycles. The lowest BCUT2D eigenvalue weighted by Crippen LogP contribution is -2.30. The quantitative estimate of drug-likeness (QED) is 0.0117. The molecule has 0 radical (unpaired) electrons. The molecule has 0 atom stereocenters. The fourth-order valence-corrected chi connectivity index (χ4v) is 25.4. The van der Waals surface area contributed by atoms with Crippen molar-refractivity contribution in [3.8, 4) is 51.7 Å². The molecule has 9 aromatic rings. The fraction of sp³-hybridized carbons (Fsp3) is 0.417. The summed E-state index contributed by atoms with van der Waals surface area (Å²) in [5, 5.41) is 113.